The topological polar surface area (TPSA) is 34.1 Å². The SMILES string of the molecule is CCNC(Cc1cc(OC)ccc1Br)c1csc(C)n1. The fraction of sp³-hybridized carbons (Fsp3) is 0.400. The molecule has 0 amide bonds. The summed E-state index contributed by atoms with van der Waals surface area (Å²) in [5.41, 5.74) is 2.34. The highest BCUT2D eigenvalue weighted by Gasteiger charge is 2.16. The lowest BCUT2D eigenvalue weighted by atomic mass is 10.0. The molecule has 1 N–H and O–H groups in total. The van der Waals surface area contributed by atoms with Crippen molar-refractivity contribution in [2.24, 2.45) is 0 Å². The van der Waals surface area contributed by atoms with Crippen LogP contribution in [-0.4, -0.2) is 18.6 Å². The van der Waals surface area contributed by atoms with Gasteiger partial charge in [-0.2, -0.15) is 0 Å². The van der Waals surface area contributed by atoms with Gasteiger partial charge in [-0.05, 0) is 43.7 Å². The first-order chi connectivity index (χ1) is 9.63. The van der Waals surface area contributed by atoms with Gasteiger partial charge < -0.3 is 10.1 Å². The number of benzene rings is 1. The van der Waals surface area contributed by atoms with E-state index < -0.39 is 0 Å². The van der Waals surface area contributed by atoms with Gasteiger partial charge in [-0.3, -0.25) is 0 Å². The average Bonchev–Trinajstić information content (AvgIpc) is 2.87. The summed E-state index contributed by atoms with van der Waals surface area (Å²) in [7, 11) is 1.69. The summed E-state index contributed by atoms with van der Waals surface area (Å²) in [6, 6.07) is 6.30. The Bertz CT molecular complexity index is 571. The van der Waals surface area contributed by atoms with E-state index in [-0.39, 0.29) is 6.04 Å². The van der Waals surface area contributed by atoms with E-state index in [2.05, 4.69) is 44.6 Å². The summed E-state index contributed by atoms with van der Waals surface area (Å²) < 4.78 is 6.41. The summed E-state index contributed by atoms with van der Waals surface area (Å²) in [6.45, 7) is 5.08. The van der Waals surface area contributed by atoms with E-state index in [1.807, 2.05) is 19.1 Å². The van der Waals surface area contributed by atoms with Crippen LogP contribution in [0.1, 0.15) is 29.2 Å². The third-order valence-corrected chi connectivity index (χ3v) is 4.69. The fourth-order valence-electron chi connectivity index (χ4n) is 2.12. The molecule has 0 aliphatic carbocycles. The Hall–Kier alpha value is -0.910. The number of hydrogen-bond acceptors (Lipinski definition) is 4. The first-order valence-corrected chi connectivity index (χ1v) is 8.29. The number of thiazole rings is 1. The van der Waals surface area contributed by atoms with Crippen LogP contribution in [0.2, 0.25) is 0 Å². The number of rotatable bonds is 6. The van der Waals surface area contributed by atoms with Crippen molar-refractivity contribution in [1.29, 1.82) is 0 Å². The smallest absolute Gasteiger partial charge is 0.119 e. The highest BCUT2D eigenvalue weighted by Crippen LogP contribution is 2.28. The molecule has 0 saturated carbocycles. The highest BCUT2D eigenvalue weighted by atomic mass is 79.9. The zero-order valence-corrected chi connectivity index (χ0v) is 14.3. The molecule has 108 valence electrons. The number of halogens is 1. The summed E-state index contributed by atoms with van der Waals surface area (Å²) >= 11 is 5.31. The Morgan fingerprint density at radius 1 is 1.45 bits per heavy atom. The van der Waals surface area contributed by atoms with Crippen LogP contribution in [0.25, 0.3) is 0 Å². The molecule has 3 nitrogen and oxygen atoms in total. The second kappa shape index (κ2) is 7.20. The maximum absolute atomic E-state index is 5.31. The molecule has 0 bridgehead atoms. The van der Waals surface area contributed by atoms with Crippen molar-refractivity contribution in [2.75, 3.05) is 13.7 Å². The Morgan fingerprint density at radius 3 is 2.85 bits per heavy atom. The molecule has 0 radical (unpaired) electrons. The standard InChI is InChI=1S/C15H19BrN2OS/c1-4-17-14(15-9-20-10(2)18-15)8-11-7-12(19-3)5-6-13(11)16/h5-7,9,14,17H,4,8H2,1-3H3. The maximum Gasteiger partial charge on any atom is 0.119 e. The van der Waals surface area contributed by atoms with Crippen LogP contribution < -0.4 is 10.1 Å². The molecule has 0 spiro atoms. The predicted molar refractivity (Wildman–Crippen MR) is 87.7 cm³/mol. The molecule has 0 saturated heterocycles. The minimum atomic E-state index is 0.230. The Kier molecular flexibility index (Phi) is 5.57. The number of aryl methyl sites for hydroxylation is 1. The van der Waals surface area contributed by atoms with Crippen molar-refractivity contribution < 1.29 is 4.74 Å². The summed E-state index contributed by atoms with van der Waals surface area (Å²) in [5, 5.41) is 6.75. The van der Waals surface area contributed by atoms with Crippen molar-refractivity contribution in [3.05, 3.63) is 44.3 Å². The molecule has 1 aromatic heterocycles. The van der Waals surface area contributed by atoms with E-state index in [1.54, 1.807) is 18.4 Å². The van der Waals surface area contributed by atoms with Crippen LogP contribution in [0.3, 0.4) is 0 Å². The Balaban J connectivity index is 2.23. The van der Waals surface area contributed by atoms with E-state index >= 15 is 0 Å². The number of likely N-dealkylation sites (N-methyl/N-ethyl adjacent to an activating group) is 1. The zero-order chi connectivity index (χ0) is 14.5. The fourth-order valence-corrected chi connectivity index (χ4v) is 3.20. The number of nitrogens with one attached hydrogen (secondary N) is 1. The van der Waals surface area contributed by atoms with E-state index in [0.29, 0.717) is 0 Å². The van der Waals surface area contributed by atoms with Crippen LogP contribution in [-0.2, 0) is 6.42 Å². The van der Waals surface area contributed by atoms with Crippen molar-refractivity contribution in [2.45, 2.75) is 26.3 Å². The summed E-state index contributed by atoms with van der Waals surface area (Å²) in [4.78, 5) is 4.61. The van der Waals surface area contributed by atoms with E-state index in [9.17, 15) is 0 Å². The van der Waals surface area contributed by atoms with Gasteiger partial charge in [0.15, 0.2) is 0 Å². The normalized spacial score (nSPS) is 12.4. The predicted octanol–water partition coefficient (Wildman–Crippen LogP) is 4.12. The second-order valence-corrected chi connectivity index (χ2v) is 6.48. The third kappa shape index (κ3) is 3.81. The van der Waals surface area contributed by atoms with Crippen LogP contribution in [0.4, 0.5) is 0 Å². The number of nitrogens with zero attached hydrogens (tertiary/aromatic N) is 1. The monoisotopic (exact) mass is 354 g/mol. The molecule has 20 heavy (non-hydrogen) atoms. The van der Waals surface area contributed by atoms with Gasteiger partial charge in [0.1, 0.15) is 5.75 Å². The average molecular weight is 355 g/mol. The summed E-state index contributed by atoms with van der Waals surface area (Å²) in [5.74, 6) is 0.882. The summed E-state index contributed by atoms with van der Waals surface area (Å²) in [6.07, 6.45) is 0.884. The number of ether oxygens (including phenoxy) is 1. The maximum atomic E-state index is 5.31. The van der Waals surface area contributed by atoms with Gasteiger partial charge in [-0.25, -0.2) is 4.98 Å². The molecule has 0 aliphatic heterocycles. The zero-order valence-electron chi connectivity index (χ0n) is 11.9. The molecule has 1 aromatic carbocycles. The largest absolute Gasteiger partial charge is 0.497 e. The molecular weight excluding hydrogens is 336 g/mol. The molecule has 1 heterocycles. The minimum Gasteiger partial charge on any atom is -0.497 e. The molecular formula is C15H19BrN2OS. The van der Waals surface area contributed by atoms with E-state index in [4.69, 9.17) is 4.74 Å². The second-order valence-electron chi connectivity index (χ2n) is 4.56. The van der Waals surface area contributed by atoms with Gasteiger partial charge in [0.05, 0.1) is 23.9 Å². The molecule has 0 fully saturated rings. The lowest BCUT2D eigenvalue weighted by Crippen LogP contribution is -2.23. The van der Waals surface area contributed by atoms with Crippen LogP contribution >= 0.6 is 27.3 Å². The highest BCUT2D eigenvalue weighted by molar-refractivity contribution is 9.10. The van der Waals surface area contributed by atoms with E-state index in [1.165, 1.54) is 5.56 Å². The van der Waals surface area contributed by atoms with Crippen molar-refractivity contribution in [3.63, 3.8) is 0 Å². The van der Waals surface area contributed by atoms with Gasteiger partial charge in [-0.1, -0.05) is 22.9 Å². The van der Waals surface area contributed by atoms with Crippen LogP contribution in [0.15, 0.2) is 28.1 Å². The molecule has 2 aromatic rings. The van der Waals surface area contributed by atoms with Gasteiger partial charge in [0.2, 0.25) is 0 Å². The van der Waals surface area contributed by atoms with Gasteiger partial charge >= 0.3 is 0 Å². The van der Waals surface area contributed by atoms with Crippen molar-refractivity contribution in [1.82, 2.24) is 10.3 Å². The Labute approximate surface area is 132 Å². The number of methoxy groups -OCH3 is 1. The number of aromatic nitrogens is 1. The molecule has 0 aliphatic rings. The number of hydrogen-bond donors (Lipinski definition) is 1. The van der Waals surface area contributed by atoms with Crippen LogP contribution in [0, 0.1) is 6.92 Å². The molecule has 2 rings (SSSR count). The van der Waals surface area contributed by atoms with Gasteiger partial charge in [0.25, 0.3) is 0 Å². The van der Waals surface area contributed by atoms with Crippen molar-refractivity contribution in [3.8, 4) is 5.75 Å². The lowest BCUT2D eigenvalue weighted by molar-refractivity contribution is 0.413. The first-order valence-electron chi connectivity index (χ1n) is 6.61. The van der Waals surface area contributed by atoms with Gasteiger partial charge in [0, 0.05) is 9.85 Å². The molecule has 5 heteroatoms. The Morgan fingerprint density at radius 2 is 2.25 bits per heavy atom. The van der Waals surface area contributed by atoms with Crippen molar-refractivity contribution >= 4 is 27.3 Å². The van der Waals surface area contributed by atoms with Crippen LogP contribution in [0.5, 0.6) is 5.75 Å². The lowest BCUT2D eigenvalue weighted by Gasteiger charge is -2.17. The van der Waals surface area contributed by atoms with Gasteiger partial charge in [-0.15, -0.1) is 11.3 Å². The molecule has 1 atom stereocenters. The van der Waals surface area contributed by atoms with E-state index in [0.717, 1.165) is 33.9 Å². The molecule has 1 unspecified atom stereocenters. The first kappa shape index (κ1) is 15.5. The third-order valence-electron chi connectivity index (χ3n) is 3.12. The quantitative estimate of drug-likeness (QED) is 0.847. The minimum absolute atomic E-state index is 0.230.